The van der Waals surface area contributed by atoms with E-state index < -0.39 is 11.9 Å². The Morgan fingerprint density at radius 1 is 1.00 bits per heavy atom. The number of hydrogen-bond acceptors (Lipinski definition) is 4. The van der Waals surface area contributed by atoms with Crippen molar-refractivity contribution in [3.63, 3.8) is 0 Å². The van der Waals surface area contributed by atoms with Crippen LogP contribution in [-0.4, -0.2) is 24.1 Å². The van der Waals surface area contributed by atoms with Crippen molar-refractivity contribution in [2.24, 2.45) is 5.92 Å². The topological polar surface area (TPSA) is 60.4 Å². The molecule has 0 bridgehead atoms. The predicted molar refractivity (Wildman–Crippen MR) is 88.3 cm³/mol. The first-order valence-electron chi connectivity index (χ1n) is 7.78. The molecule has 2 aromatic carbocycles. The summed E-state index contributed by atoms with van der Waals surface area (Å²) in [4.78, 5) is 36.3. The molecule has 0 fully saturated rings. The van der Waals surface area contributed by atoms with Crippen LogP contribution in [0.1, 0.15) is 37.0 Å². The molecule has 2 aromatic rings. The SMILES string of the molecule is CCOC(=O)C(CC(=O)c1ccc2ccccc2c1)C(=O)CC. The molecule has 0 aliphatic rings. The van der Waals surface area contributed by atoms with E-state index >= 15 is 0 Å². The van der Waals surface area contributed by atoms with E-state index in [-0.39, 0.29) is 31.0 Å². The zero-order chi connectivity index (χ0) is 16.8. The number of carbonyl (C=O) groups is 3. The van der Waals surface area contributed by atoms with Crippen LogP contribution < -0.4 is 0 Å². The summed E-state index contributed by atoms with van der Waals surface area (Å²) in [6, 6.07) is 13.1. The van der Waals surface area contributed by atoms with E-state index in [9.17, 15) is 14.4 Å². The maximum atomic E-state index is 12.5. The number of rotatable bonds is 7. The van der Waals surface area contributed by atoms with Gasteiger partial charge in [-0.05, 0) is 23.8 Å². The van der Waals surface area contributed by atoms with Gasteiger partial charge in [0, 0.05) is 18.4 Å². The summed E-state index contributed by atoms with van der Waals surface area (Å²) >= 11 is 0. The Balaban J connectivity index is 2.22. The highest BCUT2D eigenvalue weighted by atomic mass is 16.5. The van der Waals surface area contributed by atoms with Crippen LogP contribution in [0.4, 0.5) is 0 Å². The largest absolute Gasteiger partial charge is 0.465 e. The molecular formula is C19H20O4. The minimum atomic E-state index is -1.01. The molecule has 1 atom stereocenters. The Morgan fingerprint density at radius 2 is 1.70 bits per heavy atom. The molecule has 0 spiro atoms. The van der Waals surface area contributed by atoms with Crippen LogP contribution in [0.5, 0.6) is 0 Å². The van der Waals surface area contributed by atoms with Crippen LogP contribution in [0.3, 0.4) is 0 Å². The molecule has 0 saturated carbocycles. The number of fused-ring (bicyclic) bond motifs is 1. The Labute approximate surface area is 135 Å². The Kier molecular flexibility index (Phi) is 5.63. The molecule has 4 nitrogen and oxygen atoms in total. The van der Waals surface area contributed by atoms with E-state index in [0.29, 0.717) is 5.56 Å². The van der Waals surface area contributed by atoms with Crippen LogP contribution >= 0.6 is 0 Å². The summed E-state index contributed by atoms with van der Waals surface area (Å²) in [6.45, 7) is 3.54. The van der Waals surface area contributed by atoms with Crippen LogP contribution in [0.25, 0.3) is 10.8 Å². The fourth-order valence-electron chi connectivity index (χ4n) is 2.48. The summed E-state index contributed by atoms with van der Waals surface area (Å²) in [7, 11) is 0. The lowest BCUT2D eigenvalue weighted by Gasteiger charge is -2.13. The van der Waals surface area contributed by atoms with Gasteiger partial charge >= 0.3 is 5.97 Å². The van der Waals surface area contributed by atoms with E-state index in [1.54, 1.807) is 26.0 Å². The van der Waals surface area contributed by atoms with Gasteiger partial charge in [-0.25, -0.2) is 0 Å². The maximum absolute atomic E-state index is 12.5. The smallest absolute Gasteiger partial charge is 0.316 e. The van der Waals surface area contributed by atoms with E-state index in [0.717, 1.165) is 10.8 Å². The third-order valence-corrected chi connectivity index (χ3v) is 3.77. The highest BCUT2D eigenvalue weighted by Crippen LogP contribution is 2.19. The van der Waals surface area contributed by atoms with E-state index in [4.69, 9.17) is 4.74 Å². The maximum Gasteiger partial charge on any atom is 0.316 e. The molecule has 1 unspecified atom stereocenters. The van der Waals surface area contributed by atoms with Crippen molar-refractivity contribution in [1.82, 2.24) is 0 Å². The van der Waals surface area contributed by atoms with Crippen LogP contribution in [0.15, 0.2) is 42.5 Å². The van der Waals surface area contributed by atoms with Crippen LogP contribution in [-0.2, 0) is 14.3 Å². The van der Waals surface area contributed by atoms with Crippen molar-refractivity contribution in [3.05, 3.63) is 48.0 Å². The molecule has 0 aliphatic carbocycles. The third kappa shape index (κ3) is 4.03. The first-order chi connectivity index (χ1) is 11.1. The lowest BCUT2D eigenvalue weighted by atomic mass is 9.92. The van der Waals surface area contributed by atoms with Gasteiger partial charge in [-0.2, -0.15) is 0 Å². The Bertz CT molecular complexity index is 733. The molecule has 2 rings (SSSR count). The first kappa shape index (κ1) is 16.9. The second kappa shape index (κ2) is 7.68. The lowest BCUT2D eigenvalue weighted by molar-refractivity contribution is -0.151. The summed E-state index contributed by atoms with van der Waals surface area (Å²) in [6.07, 6.45) is 0.0539. The Hall–Kier alpha value is -2.49. The number of carbonyl (C=O) groups excluding carboxylic acids is 3. The summed E-state index contributed by atoms with van der Waals surface area (Å²) in [5, 5.41) is 1.99. The number of esters is 1. The number of hydrogen-bond donors (Lipinski definition) is 0. The van der Waals surface area contributed by atoms with Gasteiger partial charge in [0.15, 0.2) is 5.78 Å². The van der Waals surface area contributed by atoms with Crippen molar-refractivity contribution < 1.29 is 19.1 Å². The zero-order valence-electron chi connectivity index (χ0n) is 13.4. The number of ether oxygens (including phenoxy) is 1. The number of Topliss-reactive ketones (excluding diaryl/α,β-unsaturated/α-hetero) is 2. The standard InChI is InChI=1S/C19H20O4/c1-3-17(20)16(19(22)23-4-2)12-18(21)15-10-9-13-7-5-6-8-14(13)11-15/h5-11,16H,3-4,12H2,1-2H3. The normalized spacial score (nSPS) is 11.9. The van der Waals surface area contributed by atoms with E-state index in [1.165, 1.54) is 0 Å². The predicted octanol–water partition coefficient (Wildman–Crippen LogP) is 3.57. The molecule has 0 aromatic heterocycles. The number of ketones is 2. The zero-order valence-corrected chi connectivity index (χ0v) is 13.4. The van der Waals surface area contributed by atoms with Gasteiger partial charge in [-0.15, -0.1) is 0 Å². The molecule has 0 N–H and O–H groups in total. The van der Waals surface area contributed by atoms with Gasteiger partial charge in [0.2, 0.25) is 0 Å². The van der Waals surface area contributed by atoms with Crippen molar-refractivity contribution in [1.29, 1.82) is 0 Å². The van der Waals surface area contributed by atoms with Crippen molar-refractivity contribution >= 4 is 28.3 Å². The summed E-state index contributed by atoms with van der Waals surface area (Å²) in [5.41, 5.74) is 0.502. The summed E-state index contributed by atoms with van der Waals surface area (Å²) in [5.74, 6) is -2.12. The van der Waals surface area contributed by atoms with E-state index in [1.807, 2.05) is 30.3 Å². The van der Waals surface area contributed by atoms with Crippen molar-refractivity contribution in [2.45, 2.75) is 26.7 Å². The van der Waals surface area contributed by atoms with Crippen LogP contribution in [0, 0.1) is 5.92 Å². The molecule has 0 radical (unpaired) electrons. The van der Waals surface area contributed by atoms with E-state index in [2.05, 4.69) is 0 Å². The van der Waals surface area contributed by atoms with Crippen LogP contribution in [0.2, 0.25) is 0 Å². The molecule has 0 amide bonds. The monoisotopic (exact) mass is 312 g/mol. The van der Waals surface area contributed by atoms with Gasteiger partial charge in [-0.3, -0.25) is 14.4 Å². The molecule has 0 aliphatic heterocycles. The second-order valence-corrected chi connectivity index (χ2v) is 5.31. The lowest BCUT2D eigenvalue weighted by Crippen LogP contribution is -2.28. The minimum absolute atomic E-state index is 0.149. The molecule has 0 heterocycles. The minimum Gasteiger partial charge on any atom is -0.465 e. The average Bonchev–Trinajstić information content (AvgIpc) is 2.58. The fraction of sp³-hybridized carbons (Fsp3) is 0.316. The molecule has 23 heavy (non-hydrogen) atoms. The van der Waals surface area contributed by atoms with Gasteiger partial charge in [0.25, 0.3) is 0 Å². The number of benzene rings is 2. The third-order valence-electron chi connectivity index (χ3n) is 3.77. The fourth-order valence-corrected chi connectivity index (χ4v) is 2.48. The van der Waals surface area contributed by atoms with Crippen molar-refractivity contribution in [3.8, 4) is 0 Å². The molecule has 4 heteroatoms. The molecular weight excluding hydrogens is 292 g/mol. The Morgan fingerprint density at radius 3 is 2.35 bits per heavy atom. The quantitative estimate of drug-likeness (QED) is 0.445. The average molecular weight is 312 g/mol. The van der Waals surface area contributed by atoms with Gasteiger partial charge in [0.05, 0.1) is 6.61 Å². The first-order valence-corrected chi connectivity index (χ1v) is 7.78. The second-order valence-electron chi connectivity index (χ2n) is 5.31. The van der Waals surface area contributed by atoms with Gasteiger partial charge in [-0.1, -0.05) is 43.3 Å². The van der Waals surface area contributed by atoms with Crippen molar-refractivity contribution in [2.75, 3.05) is 6.61 Å². The highest BCUT2D eigenvalue weighted by molar-refractivity contribution is 6.07. The molecule has 120 valence electrons. The van der Waals surface area contributed by atoms with Gasteiger partial charge in [0.1, 0.15) is 11.7 Å². The van der Waals surface area contributed by atoms with Gasteiger partial charge < -0.3 is 4.74 Å². The molecule has 0 saturated heterocycles. The summed E-state index contributed by atoms with van der Waals surface area (Å²) < 4.78 is 4.92. The highest BCUT2D eigenvalue weighted by Gasteiger charge is 2.29.